The van der Waals surface area contributed by atoms with Crippen LogP contribution in [0.15, 0.2) is 77.7 Å². The van der Waals surface area contributed by atoms with Crippen LogP contribution in [0.1, 0.15) is 24.5 Å². The molecule has 10 heteroatoms. The van der Waals surface area contributed by atoms with E-state index in [9.17, 15) is 18.0 Å². The van der Waals surface area contributed by atoms with Crippen LogP contribution in [-0.4, -0.2) is 44.8 Å². The number of rotatable bonds is 10. The molecule has 0 spiro atoms. The summed E-state index contributed by atoms with van der Waals surface area (Å²) in [7, 11) is -2.65. The average molecular weight is 563 g/mol. The van der Waals surface area contributed by atoms with E-state index >= 15 is 0 Å². The highest BCUT2D eigenvalue weighted by molar-refractivity contribution is 7.92. The molecule has 0 saturated carbocycles. The normalized spacial score (nSPS) is 12.0. The van der Waals surface area contributed by atoms with E-state index in [0.29, 0.717) is 27.7 Å². The first-order valence-corrected chi connectivity index (χ1v) is 13.9. The van der Waals surface area contributed by atoms with E-state index in [4.69, 9.17) is 23.2 Å². The maximum absolute atomic E-state index is 13.9. The first-order valence-electron chi connectivity index (χ1n) is 11.7. The fourth-order valence-electron chi connectivity index (χ4n) is 3.96. The number of nitrogens with one attached hydrogen (secondary N) is 1. The van der Waals surface area contributed by atoms with Gasteiger partial charge in [-0.15, -0.1) is 0 Å². The number of amides is 2. The van der Waals surface area contributed by atoms with Gasteiger partial charge in [-0.2, -0.15) is 0 Å². The Morgan fingerprint density at radius 3 is 2.03 bits per heavy atom. The van der Waals surface area contributed by atoms with Crippen molar-refractivity contribution in [1.29, 1.82) is 0 Å². The van der Waals surface area contributed by atoms with Crippen molar-refractivity contribution >= 4 is 50.7 Å². The molecule has 1 N–H and O–H groups in total. The lowest BCUT2D eigenvalue weighted by Gasteiger charge is -2.33. The van der Waals surface area contributed by atoms with Gasteiger partial charge in [-0.05, 0) is 66.9 Å². The van der Waals surface area contributed by atoms with Crippen LogP contribution >= 0.6 is 23.2 Å². The fourth-order valence-corrected chi connectivity index (χ4v) is 5.69. The van der Waals surface area contributed by atoms with Gasteiger partial charge in [-0.1, -0.05) is 60.5 Å². The molecule has 0 unspecified atom stereocenters. The summed E-state index contributed by atoms with van der Waals surface area (Å²) >= 11 is 12.0. The molecule has 0 aliphatic carbocycles. The molecule has 0 aliphatic heterocycles. The van der Waals surface area contributed by atoms with Gasteiger partial charge >= 0.3 is 0 Å². The van der Waals surface area contributed by atoms with Gasteiger partial charge in [0.25, 0.3) is 10.0 Å². The summed E-state index contributed by atoms with van der Waals surface area (Å²) < 4.78 is 28.7. The maximum Gasteiger partial charge on any atom is 0.264 e. The van der Waals surface area contributed by atoms with Gasteiger partial charge in [-0.3, -0.25) is 13.9 Å². The highest BCUT2D eigenvalue weighted by atomic mass is 35.5. The van der Waals surface area contributed by atoms with E-state index in [1.165, 1.54) is 36.2 Å². The minimum Gasteiger partial charge on any atom is -0.357 e. The molecule has 3 aromatic rings. The van der Waals surface area contributed by atoms with Crippen LogP contribution in [0.5, 0.6) is 0 Å². The lowest BCUT2D eigenvalue weighted by molar-refractivity contribution is -0.140. The van der Waals surface area contributed by atoms with Gasteiger partial charge in [0.1, 0.15) is 12.6 Å². The largest absolute Gasteiger partial charge is 0.357 e. The maximum atomic E-state index is 13.9. The van der Waals surface area contributed by atoms with Crippen molar-refractivity contribution in [3.05, 3.63) is 94.0 Å². The second kappa shape index (κ2) is 12.4. The first kappa shape index (κ1) is 28.5. The molecule has 7 nitrogen and oxygen atoms in total. The van der Waals surface area contributed by atoms with Crippen molar-refractivity contribution in [1.82, 2.24) is 10.2 Å². The second-order valence-electron chi connectivity index (χ2n) is 8.44. The molecule has 0 aliphatic rings. The number of hydrogen-bond acceptors (Lipinski definition) is 4. The van der Waals surface area contributed by atoms with Gasteiger partial charge in [0.2, 0.25) is 11.8 Å². The quantitative estimate of drug-likeness (QED) is 0.375. The molecule has 1 atom stereocenters. The van der Waals surface area contributed by atoms with E-state index in [1.54, 1.807) is 62.4 Å². The number of sulfonamides is 1. The Labute approximate surface area is 228 Å². The van der Waals surface area contributed by atoms with E-state index < -0.39 is 28.5 Å². The summed E-state index contributed by atoms with van der Waals surface area (Å²) in [5.41, 5.74) is 1.80. The minimum atomic E-state index is -4.15. The molecule has 2 amide bonds. The average Bonchev–Trinajstić information content (AvgIpc) is 2.88. The van der Waals surface area contributed by atoms with Gasteiger partial charge in [0.05, 0.1) is 10.6 Å². The number of aryl methyl sites for hydroxylation is 1. The van der Waals surface area contributed by atoms with Crippen LogP contribution in [0.3, 0.4) is 0 Å². The number of carbonyl (C=O) groups excluding carboxylic acids is 2. The zero-order valence-corrected chi connectivity index (χ0v) is 23.1. The molecular weight excluding hydrogens is 533 g/mol. The number of benzene rings is 3. The number of hydrogen-bond donors (Lipinski definition) is 1. The van der Waals surface area contributed by atoms with Crippen LogP contribution < -0.4 is 9.62 Å². The third kappa shape index (κ3) is 6.83. The van der Waals surface area contributed by atoms with Crippen molar-refractivity contribution < 1.29 is 18.0 Å². The van der Waals surface area contributed by atoms with E-state index in [-0.39, 0.29) is 17.3 Å². The standard InChI is InChI=1S/C27H29Cl2N3O4S/c1-4-24(27(34)30-3)31(17-20-9-11-21(28)12-10-20)26(33)18-32(25-8-6-5-7-19(25)2)37(35,36)23-15-13-22(29)14-16-23/h5-16,24H,4,17-18H2,1-3H3,(H,30,34)/t24-/m1/s1. The van der Waals surface area contributed by atoms with E-state index in [0.717, 1.165) is 9.87 Å². The molecule has 0 aromatic heterocycles. The Bertz CT molecular complexity index is 1350. The van der Waals surface area contributed by atoms with Crippen LogP contribution in [0, 0.1) is 6.92 Å². The lowest BCUT2D eigenvalue weighted by atomic mass is 10.1. The predicted octanol–water partition coefficient (Wildman–Crippen LogP) is 5.05. The van der Waals surface area contributed by atoms with Crippen LogP contribution in [0.4, 0.5) is 5.69 Å². The van der Waals surface area contributed by atoms with Crippen molar-refractivity contribution in [2.45, 2.75) is 37.8 Å². The molecule has 0 fully saturated rings. The number of nitrogens with zero attached hydrogens (tertiary/aromatic N) is 2. The summed E-state index contributed by atoms with van der Waals surface area (Å²) in [6, 6.07) is 18.8. The summed E-state index contributed by atoms with van der Waals surface area (Å²) in [5.74, 6) is -0.862. The van der Waals surface area contributed by atoms with Gasteiger partial charge in [-0.25, -0.2) is 8.42 Å². The molecule has 37 heavy (non-hydrogen) atoms. The molecule has 196 valence electrons. The number of likely N-dealkylation sites (N-methyl/N-ethyl adjacent to an activating group) is 1. The number of halogens is 2. The predicted molar refractivity (Wildman–Crippen MR) is 147 cm³/mol. The third-order valence-electron chi connectivity index (χ3n) is 5.96. The monoisotopic (exact) mass is 561 g/mol. The third-order valence-corrected chi connectivity index (χ3v) is 8.24. The van der Waals surface area contributed by atoms with Gasteiger partial charge in [0, 0.05) is 23.6 Å². The van der Waals surface area contributed by atoms with Crippen molar-refractivity contribution in [2.75, 3.05) is 17.9 Å². The molecule has 3 aromatic carbocycles. The minimum absolute atomic E-state index is 0.00412. The first-order chi connectivity index (χ1) is 17.6. The number of anilines is 1. The second-order valence-corrected chi connectivity index (χ2v) is 11.2. The Hall–Kier alpha value is -3.07. The summed E-state index contributed by atoms with van der Waals surface area (Å²) in [4.78, 5) is 28.0. The summed E-state index contributed by atoms with van der Waals surface area (Å²) in [6.45, 7) is 3.17. The van der Waals surface area contributed by atoms with Gasteiger partial charge in [0.15, 0.2) is 0 Å². The molecule has 3 rings (SSSR count). The highest BCUT2D eigenvalue weighted by Crippen LogP contribution is 2.28. The van der Waals surface area contributed by atoms with E-state index in [2.05, 4.69) is 5.32 Å². The molecule has 0 saturated heterocycles. The molecule has 0 bridgehead atoms. The smallest absolute Gasteiger partial charge is 0.264 e. The van der Waals surface area contributed by atoms with E-state index in [1.807, 2.05) is 0 Å². The zero-order chi connectivity index (χ0) is 27.2. The zero-order valence-electron chi connectivity index (χ0n) is 20.8. The highest BCUT2D eigenvalue weighted by Gasteiger charge is 2.33. The number of para-hydroxylation sites is 1. The Kier molecular flexibility index (Phi) is 9.59. The molecule has 0 heterocycles. The van der Waals surface area contributed by atoms with Crippen molar-refractivity contribution in [3.8, 4) is 0 Å². The lowest BCUT2D eigenvalue weighted by Crippen LogP contribution is -2.51. The SMILES string of the molecule is CC[C@H](C(=O)NC)N(Cc1ccc(Cl)cc1)C(=O)CN(c1ccccc1C)S(=O)(=O)c1ccc(Cl)cc1. The Balaban J connectivity index is 2.06. The van der Waals surface area contributed by atoms with Crippen LogP contribution in [-0.2, 0) is 26.2 Å². The topological polar surface area (TPSA) is 86.8 Å². The summed E-state index contributed by atoms with van der Waals surface area (Å²) in [5, 5.41) is 3.54. The number of carbonyl (C=O) groups is 2. The summed E-state index contributed by atoms with van der Waals surface area (Å²) in [6.07, 6.45) is 0.341. The van der Waals surface area contributed by atoms with Gasteiger partial charge < -0.3 is 10.2 Å². The van der Waals surface area contributed by atoms with Crippen LogP contribution in [0.2, 0.25) is 10.0 Å². The Morgan fingerprint density at radius 2 is 1.49 bits per heavy atom. The molecular formula is C27H29Cl2N3O4S. The van der Waals surface area contributed by atoms with Crippen molar-refractivity contribution in [2.24, 2.45) is 0 Å². The van der Waals surface area contributed by atoms with Crippen LogP contribution in [0.25, 0.3) is 0 Å². The molecule has 0 radical (unpaired) electrons. The fraction of sp³-hybridized carbons (Fsp3) is 0.259. The Morgan fingerprint density at radius 1 is 0.919 bits per heavy atom. The van der Waals surface area contributed by atoms with Crippen molar-refractivity contribution in [3.63, 3.8) is 0 Å².